The predicted molar refractivity (Wildman–Crippen MR) is 137 cm³/mol. The molecule has 0 aliphatic heterocycles. The molecule has 0 amide bonds. The molecule has 2 fully saturated rings. The van der Waals surface area contributed by atoms with Crippen molar-refractivity contribution in [1.29, 1.82) is 0 Å². The molecule has 1 N–H and O–H groups in total. The van der Waals surface area contributed by atoms with Gasteiger partial charge in [0.1, 0.15) is 12.4 Å². The molecule has 0 spiro atoms. The number of aromatic nitrogens is 1. The number of Topliss-reactive ketones (excluding diaryl/α,β-unsaturated/α-hetero) is 1. The molecule has 0 unspecified atom stereocenters. The third-order valence-electron chi connectivity index (χ3n) is 7.11. The van der Waals surface area contributed by atoms with Crippen LogP contribution in [0.2, 0.25) is 0 Å². The summed E-state index contributed by atoms with van der Waals surface area (Å²) in [4.78, 5) is 17.1. The highest BCUT2D eigenvalue weighted by Gasteiger charge is 2.27. The van der Waals surface area contributed by atoms with Gasteiger partial charge in [-0.3, -0.25) is 9.78 Å². The number of rotatable bonds is 11. The molecule has 0 saturated heterocycles. The molecule has 2 saturated carbocycles. The summed E-state index contributed by atoms with van der Waals surface area (Å²) in [6, 6.07) is 20.1. The lowest BCUT2D eigenvalue weighted by molar-refractivity contribution is 0.0977. The number of ether oxygens (including phenoxy) is 1. The van der Waals surface area contributed by atoms with Gasteiger partial charge in [-0.15, -0.1) is 0 Å². The fourth-order valence-electron chi connectivity index (χ4n) is 5.04. The van der Waals surface area contributed by atoms with Crippen LogP contribution in [0.1, 0.15) is 85.3 Å². The van der Waals surface area contributed by atoms with Crippen molar-refractivity contribution in [3.05, 3.63) is 83.7 Å². The lowest BCUT2D eigenvalue weighted by atomic mass is 9.97. The Morgan fingerprint density at radius 3 is 2.65 bits per heavy atom. The van der Waals surface area contributed by atoms with E-state index in [1.54, 1.807) is 6.20 Å². The van der Waals surface area contributed by atoms with Gasteiger partial charge in [-0.1, -0.05) is 50.3 Å². The Balaban J connectivity index is 1.22. The summed E-state index contributed by atoms with van der Waals surface area (Å²) < 4.78 is 6.01. The van der Waals surface area contributed by atoms with Crippen LogP contribution in [0.5, 0.6) is 5.75 Å². The fraction of sp³-hybridized carbons (Fsp3) is 0.400. The molecule has 4 nitrogen and oxygen atoms in total. The van der Waals surface area contributed by atoms with Gasteiger partial charge in [-0.05, 0) is 79.1 Å². The monoisotopic (exact) mass is 454 g/mol. The van der Waals surface area contributed by atoms with Crippen molar-refractivity contribution in [2.75, 3.05) is 5.32 Å². The van der Waals surface area contributed by atoms with Crippen LogP contribution in [0, 0.1) is 5.92 Å². The van der Waals surface area contributed by atoms with E-state index in [0.29, 0.717) is 18.9 Å². The van der Waals surface area contributed by atoms with Crippen LogP contribution in [0.3, 0.4) is 0 Å². The molecule has 0 radical (unpaired) electrons. The number of anilines is 2. The summed E-state index contributed by atoms with van der Waals surface area (Å²) in [6.07, 6.45) is 12.5. The van der Waals surface area contributed by atoms with Crippen molar-refractivity contribution in [3.63, 3.8) is 0 Å². The van der Waals surface area contributed by atoms with Crippen molar-refractivity contribution >= 4 is 17.2 Å². The van der Waals surface area contributed by atoms with Gasteiger partial charge >= 0.3 is 0 Å². The SMILES string of the molecule is O=C(CCCC1CCCC1)c1cccc(Nc2ccc(OCc3ccccn3)cc2C2CC2)c1. The zero-order valence-electron chi connectivity index (χ0n) is 19.8. The van der Waals surface area contributed by atoms with Crippen LogP contribution in [0.25, 0.3) is 0 Å². The van der Waals surface area contributed by atoms with Crippen LogP contribution in [-0.4, -0.2) is 10.8 Å². The molecule has 176 valence electrons. The minimum Gasteiger partial charge on any atom is -0.487 e. The summed E-state index contributed by atoms with van der Waals surface area (Å²) in [5, 5.41) is 3.57. The molecule has 2 aliphatic rings. The highest BCUT2D eigenvalue weighted by atomic mass is 16.5. The molecule has 0 atom stereocenters. The van der Waals surface area contributed by atoms with Gasteiger partial charge in [0.05, 0.1) is 5.69 Å². The zero-order chi connectivity index (χ0) is 23.2. The number of ketones is 1. The third-order valence-corrected chi connectivity index (χ3v) is 7.11. The molecular formula is C30H34N2O2. The number of hydrogen-bond donors (Lipinski definition) is 1. The van der Waals surface area contributed by atoms with Gasteiger partial charge < -0.3 is 10.1 Å². The van der Waals surface area contributed by atoms with E-state index in [4.69, 9.17) is 4.74 Å². The van der Waals surface area contributed by atoms with Gasteiger partial charge in [0.15, 0.2) is 5.78 Å². The Kier molecular flexibility index (Phi) is 7.23. The van der Waals surface area contributed by atoms with Crippen LogP contribution >= 0.6 is 0 Å². The van der Waals surface area contributed by atoms with E-state index in [9.17, 15) is 4.79 Å². The third kappa shape index (κ3) is 6.05. The van der Waals surface area contributed by atoms with E-state index >= 15 is 0 Å². The maximum absolute atomic E-state index is 12.8. The average molecular weight is 455 g/mol. The lowest BCUT2D eigenvalue weighted by Gasteiger charge is -2.15. The summed E-state index contributed by atoms with van der Waals surface area (Å²) in [7, 11) is 0. The van der Waals surface area contributed by atoms with Crippen molar-refractivity contribution in [2.45, 2.75) is 70.3 Å². The maximum atomic E-state index is 12.8. The standard InChI is InChI=1S/C30H34N2O2/c33-30(13-5-9-22-7-1-2-8-22)24-10-6-12-25(19-24)32-29-17-16-27(20-28(29)23-14-15-23)34-21-26-11-3-4-18-31-26/h3-4,6,10-12,16-20,22-23,32H,1-2,5,7-9,13-15,21H2. The number of carbonyl (C=O) groups is 1. The Morgan fingerprint density at radius 2 is 1.85 bits per heavy atom. The minimum atomic E-state index is 0.252. The molecule has 0 bridgehead atoms. The highest BCUT2D eigenvalue weighted by molar-refractivity contribution is 5.97. The highest BCUT2D eigenvalue weighted by Crippen LogP contribution is 2.45. The van der Waals surface area contributed by atoms with Crippen LogP contribution in [0.15, 0.2) is 66.9 Å². The second kappa shape index (κ2) is 10.9. The molecule has 1 aromatic heterocycles. The molecule has 2 aliphatic carbocycles. The number of nitrogens with zero attached hydrogens (tertiary/aromatic N) is 1. The van der Waals surface area contributed by atoms with Crippen molar-refractivity contribution in [3.8, 4) is 5.75 Å². The van der Waals surface area contributed by atoms with Crippen molar-refractivity contribution in [1.82, 2.24) is 4.98 Å². The van der Waals surface area contributed by atoms with E-state index in [1.165, 1.54) is 50.5 Å². The van der Waals surface area contributed by atoms with Gasteiger partial charge in [0, 0.05) is 29.6 Å². The zero-order valence-corrected chi connectivity index (χ0v) is 19.8. The van der Waals surface area contributed by atoms with Gasteiger partial charge in [0.2, 0.25) is 0 Å². The first-order valence-electron chi connectivity index (χ1n) is 12.8. The lowest BCUT2D eigenvalue weighted by Crippen LogP contribution is -2.03. The smallest absolute Gasteiger partial charge is 0.162 e. The van der Waals surface area contributed by atoms with Gasteiger partial charge in [-0.25, -0.2) is 0 Å². The number of nitrogens with one attached hydrogen (secondary N) is 1. The molecule has 5 rings (SSSR count). The van der Waals surface area contributed by atoms with Gasteiger partial charge in [-0.2, -0.15) is 0 Å². The number of benzene rings is 2. The van der Waals surface area contributed by atoms with Crippen LogP contribution in [0.4, 0.5) is 11.4 Å². The second-order valence-electron chi connectivity index (χ2n) is 9.80. The van der Waals surface area contributed by atoms with E-state index < -0.39 is 0 Å². The van der Waals surface area contributed by atoms with E-state index in [2.05, 4.69) is 22.4 Å². The fourth-order valence-corrected chi connectivity index (χ4v) is 5.04. The summed E-state index contributed by atoms with van der Waals surface area (Å²) in [6.45, 7) is 0.461. The molecule has 4 heteroatoms. The quantitative estimate of drug-likeness (QED) is 0.300. The Bertz CT molecular complexity index is 1100. The second-order valence-corrected chi connectivity index (χ2v) is 9.80. The van der Waals surface area contributed by atoms with Crippen molar-refractivity contribution in [2.24, 2.45) is 5.92 Å². The average Bonchev–Trinajstić information content (AvgIpc) is 3.59. The molecule has 2 aromatic carbocycles. The first-order chi connectivity index (χ1) is 16.7. The van der Waals surface area contributed by atoms with E-state index in [-0.39, 0.29) is 5.78 Å². The first-order valence-corrected chi connectivity index (χ1v) is 12.8. The maximum Gasteiger partial charge on any atom is 0.162 e. The van der Waals surface area contributed by atoms with E-state index in [1.807, 2.05) is 48.5 Å². The number of carbonyl (C=O) groups excluding carboxylic acids is 1. The van der Waals surface area contributed by atoms with Crippen LogP contribution < -0.4 is 10.1 Å². The number of hydrogen-bond acceptors (Lipinski definition) is 4. The minimum absolute atomic E-state index is 0.252. The number of pyridine rings is 1. The molecular weight excluding hydrogens is 420 g/mol. The topological polar surface area (TPSA) is 51.2 Å². The molecule has 34 heavy (non-hydrogen) atoms. The normalized spacial score (nSPS) is 15.9. The summed E-state index contributed by atoms with van der Waals surface area (Å²) in [5.74, 6) is 2.53. The summed E-state index contributed by atoms with van der Waals surface area (Å²) >= 11 is 0. The molecule has 1 heterocycles. The molecule has 3 aromatic rings. The summed E-state index contributed by atoms with van der Waals surface area (Å²) in [5.41, 5.74) is 5.07. The van der Waals surface area contributed by atoms with Crippen molar-refractivity contribution < 1.29 is 9.53 Å². The predicted octanol–water partition coefficient (Wildman–Crippen LogP) is 7.82. The first kappa shape index (κ1) is 22.6. The van der Waals surface area contributed by atoms with Crippen LogP contribution in [-0.2, 0) is 6.61 Å². The Morgan fingerprint density at radius 1 is 0.971 bits per heavy atom. The Hall–Kier alpha value is -3.14. The Labute approximate surface area is 202 Å². The van der Waals surface area contributed by atoms with E-state index in [0.717, 1.165) is 40.7 Å². The van der Waals surface area contributed by atoms with Gasteiger partial charge in [0.25, 0.3) is 0 Å². The largest absolute Gasteiger partial charge is 0.487 e.